The fourth-order valence-corrected chi connectivity index (χ4v) is 3.12. The lowest BCUT2D eigenvalue weighted by atomic mass is 9.87. The summed E-state index contributed by atoms with van der Waals surface area (Å²) in [5, 5.41) is 10.4. The third-order valence-corrected chi connectivity index (χ3v) is 4.49. The first kappa shape index (κ1) is 17.6. The maximum absolute atomic E-state index is 13.8. The molecule has 2 aromatic rings. The molecule has 1 fully saturated rings. The second-order valence-electron chi connectivity index (χ2n) is 5.99. The van der Waals surface area contributed by atoms with Gasteiger partial charge in [-0.1, -0.05) is 12.1 Å². The molecular weight excluding hydrogens is 343 g/mol. The molecule has 1 aromatic heterocycles. The zero-order valence-electron chi connectivity index (χ0n) is 13.0. The number of pyridine rings is 1. The Bertz CT molecular complexity index is 734. The smallest absolute Gasteiger partial charge is 0.253 e. The average Bonchev–Trinajstić information content (AvgIpc) is 2.61. The van der Waals surface area contributed by atoms with Gasteiger partial charge in [0.15, 0.2) is 0 Å². The van der Waals surface area contributed by atoms with Crippen LogP contribution in [0.4, 0.5) is 27.6 Å². The molecule has 0 saturated carbocycles. The third-order valence-electron chi connectivity index (χ3n) is 4.49. The van der Waals surface area contributed by atoms with Gasteiger partial charge in [0.05, 0.1) is 6.10 Å². The van der Waals surface area contributed by atoms with Crippen LogP contribution >= 0.6 is 0 Å². The monoisotopic (exact) mass is 358 g/mol. The molecule has 2 heterocycles. The maximum atomic E-state index is 13.8. The van der Waals surface area contributed by atoms with E-state index in [1.54, 1.807) is 0 Å². The highest BCUT2D eigenvalue weighted by Gasteiger charge is 2.31. The summed E-state index contributed by atoms with van der Waals surface area (Å²) in [6.45, 7) is 0.222. The van der Waals surface area contributed by atoms with E-state index < -0.39 is 41.1 Å². The summed E-state index contributed by atoms with van der Waals surface area (Å²) >= 11 is 0. The SMILES string of the molecule is OC(c1ccc(F)cc1)C1CCN(c2c(F)c(F)nc(F)c2F)CC1. The van der Waals surface area contributed by atoms with E-state index in [0.717, 1.165) is 0 Å². The molecule has 8 heteroatoms. The lowest BCUT2D eigenvalue weighted by Gasteiger charge is -2.35. The Morgan fingerprint density at radius 2 is 1.44 bits per heavy atom. The number of rotatable bonds is 3. The van der Waals surface area contributed by atoms with Crippen molar-refractivity contribution in [2.45, 2.75) is 18.9 Å². The maximum Gasteiger partial charge on any atom is 0.253 e. The molecule has 1 saturated heterocycles. The summed E-state index contributed by atoms with van der Waals surface area (Å²) in [7, 11) is 0. The van der Waals surface area contributed by atoms with Crippen molar-refractivity contribution in [3.8, 4) is 0 Å². The Hall–Kier alpha value is -2.22. The largest absolute Gasteiger partial charge is 0.388 e. The summed E-state index contributed by atoms with van der Waals surface area (Å²) in [5.41, 5.74) is -0.238. The summed E-state index contributed by atoms with van der Waals surface area (Å²) in [6, 6.07) is 5.42. The highest BCUT2D eigenvalue weighted by molar-refractivity contribution is 5.48. The van der Waals surface area contributed by atoms with E-state index in [4.69, 9.17) is 0 Å². The van der Waals surface area contributed by atoms with Crippen molar-refractivity contribution in [3.63, 3.8) is 0 Å². The molecule has 1 aliphatic rings. The van der Waals surface area contributed by atoms with Gasteiger partial charge in [-0.2, -0.15) is 22.5 Å². The first-order chi connectivity index (χ1) is 11.9. The standard InChI is InChI=1S/C17H15F5N2O/c18-11-3-1-9(2-4-11)15(25)10-5-7-24(8-6-10)14-12(19)16(21)23-17(22)13(14)20/h1-4,10,15,25H,5-8H2. The summed E-state index contributed by atoms with van der Waals surface area (Å²) in [5.74, 6) is -7.08. The van der Waals surface area contributed by atoms with Crippen molar-refractivity contribution >= 4 is 5.69 Å². The normalized spacial score (nSPS) is 17.0. The van der Waals surface area contributed by atoms with Crippen molar-refractivity contribution in [1.29, 1.82) is 0 Å². The first-order valence-corrected chi connectivity index (χ1v) is 7.77. The van der Waals surface area contributed by atoms with E-state index in [1.165, 1.54) is 29.2 Å². The minimum absolute atomic E-state index is 0.111. The molecule has 1 atom stereocenters. The van der Waals surface area contributed by atoms with Gasteiger partial charge in [0.25, 0.3) is 11.9 Å². The van der Waals surface area contributed by atoms with Crippen LogP contribution in [0.3, 0.4) is 0 Å². The van der Waals surface area contributed by atoms with Crippen LogP contribution in [0.5, 0.6) is 0 Å². The predicted molar refractivity (Wildman–Crippen MR) is 80.4 cm³/mol. The van der Waals surface area contributed by atoms with Gasteiger partial charge in [0.2, 0.25) is 11.6 Å². The molecule has 1 N–H and O–H groups in total. The number of hydrogen-bond donors (Lipinski definition) is 1. The Kier molecular flexibility index (Phi) is 4.89. The molecule has 3 rings (SSSR count). The van der Waals surface area contributed by atoms with Crippen LogP contribution in [0.15, 0.2) is 24.3 Å². The molecule has 0 amide bonds. The van der Waals surface area contributed by atoms with Gasteiger partial charge in [-0.05, 0) is 36.5 Å². The van der Waals surface area contributed by atoms with Crippen LogP contribution in [0.25, 0.3) is 0 Å². The first-order valence-electron chi connectivity index (χ1n) is 7.77. The molecule has 3 nitrogen and oxygen atoms in total. The van der Waals surface area contributed by atoms with E-state index in [0.29, 0.717) is 18.4 Å². The molecule has 1 aromatic carbocycles. The molecule has 0 aliphatic carbocycles. The lowest BCUT2D eigenvalue weighted by molar-refractivity contribution is 0.0927. The quantitative estimate of drug-likeness (QED) is 0.671. The van der Waals surface area contributed by atoms with Crippen LogP contribution in [0.1, 0.15) is 24.5 Å². The zero-order chi connectivity index (χ0) is 18.1. The van der Waals surface area contributed by atoms with E-state index in [2.05, 4.69) is 4.98 Å². The Labute approximate surface area is 140 Å². The minimum Gasteiger partial charge on any atom is -0.388 e. The number of benzene rings is 1. The highest BCUT2D eigenvalue weighted by atomic mass is 19.2. The van der Waals surface area contributed by atoms with Crippen LogP contribution in [0, 0.1) is 35.3 Å². The molecule has 0 bridgehead atoms. The molecule has 134 valence electrons. The summed E-state index contributed by atoms with van der Waals surface area (Å²) in [4.78, 5) is 3.74. The van der Waals surface area contributed by atoms with Gasteiger partial charge in [-0.3, -0.25) is 0 Å². The summed E-state index contributed by atoms with van der Waals surface area (Å²) in [6.07, 6.45) is -0.158. The average molecular weight is 358 g/mol. The van der Waals surface area contributed by atoms with Crippen LogP contribution in [-0.2, 0) is 0 Å². The fourth-order valence-electron chi connectivity index (χ4n) is 3.12. The molecule has 0 radical (unpaired) electrons. The van der Waals surface area contributed by atoms with Gasteiger partial charge in [0.1, 0.15) is 11.5 Å². The van der Waals surface area contributed by atoms with E-state index in [-0.39, 0.29) is 19.0 Å². The molecule has 25 heavy (non-hydrogen) atoms. The second-order valence-corrected chi connectivity index (χ2v) is 5.99. The van der Waals surface area contributed by atoms with E-state index >= 15 is 0 Å². The molecule has 1 aliphatic heterocycles. The van der Waals surface area contributed by atoms with Crippen LogP contribution in [0.2, 0.25) is 0 Å². The number of piperidine rings is 1. The fraction of sp³-hybridized carbons (Fsp3) is 0.353. The van der Waals surface area contributed by atoms with Crippen molar-refractivity contribution in [2.24, 2.45) is 5.92 Å². The van der Waals surface area contributed by atoms with E-state index in [1.807, 2.05) is 0 Å². The lowest BCUT2D eigenvalue weighted by Crippen LogP contribution is -2.37. The number of halogens is 5. The number of hydrogen-bond acceptors (Lipinski definition) is 3. The van der Waals surface area contributed by atoms with Crippen molar-refractivity contribution in [3.05, 3.63) is 59.2 Å². The number of aliphatic hydroxyl groups is 1. The van der Waals surface area contributed by atoms with Crippen LogP contribution < -0.4 is 4.90 Å². The third kappa shape index (κ3) is 3.44. The second kappa shape index (κ2) is 6.95. The number of aliphatic hydroxyl groups excluding tert-OH is 1. The Morgan fingerprint density at radius 3 is 1.96 bits per heavy atom. The van der Waals surface area contributed by atoms with Gasteiger partial charge >= 0.3 is 0 Å². The Balaban J connectivity index is 1.73. The molecule has 1 unspecified atom stereocenters. The summed E-state index contributed by atoms with van der Waals surface area (Å²) < 4.78 is 67.1. The van der Waals surface area contributed by atoms with Gasteiger partial charge in [-0.15, -0.1) is 0 Å². The van der Waals surface area contributed by atoms with Gasteiger partial charge in [-0.25, -0.2) is 4.39 Å². The Morgan fingerprint density at radius 1 is 0.920 bits per heavy atom. The predicted octanol–water partition coefficient (Wildman–Crippen LogP) is 3.73. The van der Waals surface area contributed by atoms with Gasteiger partial charge < -0.3 is 10.0 Å². The van der Waals surface area contributed by atoms with Crippen molar-refractivity contribution < 1.29 is 27.1 Å². The van der Waals surface area contributed by atoms with E-state index in [9.17, 15) is 27.1 Å². The number of nitrogens with zero attached hydrogens (tertiary/aromatic N) is 2. The van der Waals surface area contributed by atoms with Crippen LogP contribution in [-0.4, -0.2) is 23.2 Å². The topological polar surface area (TPSA) is 36.4 Å². The highest BCUT2D eigenvalue weighted by Crippen LogP contribution is 2.34. The minimum atomic E-state index is -1.69. The van der Waals surface area contributed by atoms with Crippen molar-refractivity contribution in [2.75, 3.05) is 18.0 Å². The van der Waals surface area contributed by atoms with Gasteiger partial charge in [0, 0.05) is 13.1 Å². The molecule has 0 spiro atoms. The molecular formula is C17H15F5N2O. The van der Waals surface area contributed by atoms with Crippen molar-refractivity contribution in [1.82, 2.24) is 4.98 Å². The number of aromatic nitrogens is 1. The zero-order valence-corrected chi connectivity index (χ0v) is 13.0. The number of anilines is 1.